The smallest absolute Gasteiger partial charge is 0.0444 e. The van der Waals surface area contributed by atoms with Crippen molar-refractivity contribution in [3.8, 4) is 0 Å². The van der Waals surface area contributed by atoms with Gasteiger partial charge in [0.2, 0.25) is 0 Å². The van der Waals surface area contributed by atoms with Gasteiger partial charge in [0.15, 0.2) is 0 Å². The molecular weight excluding hydrogens is 184 g/mol. The van der Waals surface area contributed by atoms with Crippen LogP contribution < -0.4 is 10.6 Å². The first kappa shape index (κ1) is 9.22. The first-order valence-electron chi connectivity index (χ1n) is 5.83. The van der Waals surface area contributed by atoms with Crippen LogP contribution in [0.5, 0.6) is 0 Å². The van der Waals surface area contributed by atoms with Crippen LogP contribution in [-0.2, 0) is 0 Å². The van der Waals surface area contributed by atoms with E-state index in [1.807, 2.05) is 0 Å². The Morgan fingerprint density at radius 2 is 2.07 bits per heavy atom. The predicted molar refractivity (Wildman–Crippen MR) is 63.0 cm³/mol. The molecule has 15 heavy (non-hydrogen) atoms. The molecule has 3 rings (SSSR count). The molecule has 0 radical (unpaired) electrons. The molecule has 0 bridgehead atoms. The fraction of sp³-hybridized carbons (Fsp3) is 0.538. The van der Waals surface area contributed by atoms with E-state index in [9.17, 15) is 0 Å². The Hall–Kier alpha value is -1.02. The van der Waals surface area contributed by atoms with Crippen LogP contribution >= 0.6 is 0 Å². The van der Waals surface area contributed by atoms with Crippen molar-refractivity contribution in [2.24, 2.45) is 17.6 Å². The van der Waals surface area contributed by atoms with E-state index in [0.717, 1.165) is 18.4 Å². The SMILES string of the molecule is Cc1ccc(N2CC3CC3C2CN)cc1. The van der Waals surface area contributed by atoms with Gasteiger partial charge in [-0.1, -0.05) is 17.7 Å². The molecule has 2 nitrogen and oxygen atoms in total. The monoisotopic (exact) mass is 202 g/mol. The number of hydrogen-bond acceptors (Lipinski definition) is 2. The minimum Gasteiger partial charge on any atom is -0.367 e. The first-order valence-corrected chi connectivity index (χ1v) is 5.83. The average Bonchev–Trinajstić information content (AvgIpc) is 2.92. The Morgan fingerprint density at radius 3 is 2.73 bits per heavy atom. The van der Waals surface area contributed by atoms with Crippen LogP contribution in [0.1, 0.15) is 12.0 Å². The number of anilines is 1. The van der Waals surface area contributed by atoms with Crippen LogP contribution in [0.2, 0.25) is 0 Å². The highest BCUT2D eigenvalue weighted by Gasteiger charge is 2.51. The molecule has 3 atom stereocenters. The normalized spacial score (nSPS) is 32.9. The van der Waals surface area contributed by atoms with Gasteiger partial charge in [-0.2, -0.15) is 0 Å². The lowest BCUT2D eigenvalue weighted by Gasteiger charge is -2.28. The molecule has 1 aliphatic heterocycles. The highest BCUT2D eigenvalue weighted by molar-refractivity contribution is 5.51. The lowest BCUT2D eigenvalue weighted by Crippen LogP contribution is -2.38. The van der Waals surface area contributed by atoms with Crippen LogP contribution in [0.25, 0.3) is 0 Å². The molecule has 1 aromatic rings. The van der Waals surface area contributed by atoms with E-state index in [2.05, 4.69) is 36.1 Å². The van der Waals surface area contributed by atoms with Crippen molar-refractivity contribution in [3.63, 3.8) is 0 Å². The minimum absolute atomic E-state index is 0.595. The third-order valence-corrected chi connectivity index (χ3v) is 3.91. The molecule has 80 valence electrons. The molecular formula is C13H18N2. The number of hydrogen-bond donors (Lipinski definition) is 1. The van der Waals surface area contributed by atoms with Gasteiger partial charge in [0, 0.05) is 24.8 Å². The van der Waals surface area contributed by atoms with E-state index in [1.165, 1.54) is 24.2 Å². The molecule has 1 heterocycles. The first-order chi connectivity index (χ1) is 7.29. The third kappa shape index (κ3) is 1.44. The molecule has 2 N–H and O–H groups in total. The predicted octanol–water partition coefficient (Wildman–Crippen LogP) is 1.78. The van der Waals surface area contributed by atoms with Gasteiger partial charge >= 0.3 is 0 Å². The second-order valence-electron chi connectivity index (χ2n) is 4.95. The zero-order valence-electron chi connectivity index (χ0n) is 9.19. The van der Waals surface area contributed by atoms with Crippen LogP contribution in [0.3, 0.4) is 0 Å². The van der Waals surface area contributed by atoms with Crippen molar-refractivity contribution in [1.82, 2.24) is 0 Å². The highest BCUT2D eigenvalue weighted by atomic mass is 15.2. The number of fused-ring (bicyclic) bond motifs is 1. The van der Waals surface area contributed by atoms with Crippen molar-refractivity contribution in [1.29, 1.82) is 0 Å². The second-order valence-corrected chi connectivity index (χ2v) is 4.95. The summed E-state index contributed by atoms with van der Waals surface area (Å²) in [6.45, 7) is 4.15. The minimum atomic E-state index is 0.595. The van der Waals surface area contributed by atoms with E-state index < -0.39 is 0 Å². The van der Waals surface area contributed by atoms with Crippen molar-refractivity contribution in [2.45, 2.75) is 19.4 Å². The van der Waals surface area contributed by atoms with E-state index in [-0.39, 0.29) is 0 Å². The molecule has 0 aromatic heterocycles. The van der Waals surface area contributed by atoms with Gasteiger partial charge in [-0.25, -0.2) is 0 Å². The second kappa shape index (κ2) is 3.24. The Bertz CT molecular complexity index is 357. The van der Waals surface area contributed by atoms with E-state index >= 15 is 0 Å². The maximum Gasteiger partial charge on any atom is 0.0444 e. The number of benzene rings is 1. The Morgan fingerprint density at radius 1 is 1.33 bits per heavy atom. The van der Waals surface area contributed by atoms with Gasteiger partial charge in [-0.3, -0.25) is 0 Å². The number of nitrogens with two attached hydrogens (primary N) is 1. The summed E-state index contributed by atoms with van der Waals surface area (Å²) in [4.78, 5) is 2.50. The summed E-state index contributed by atoms with van der Waals surface area (Å²) in [5.41, 5.74) is 8.54. The van der Waals surface area contributed by atoms with E-state index in [0.29, 0.717) is 6.04 Å². The van der Waals surface area contributed by atoms with Crippen LogP contribution in [-0.4, -0.2) is 19.1 Å². The van der Waals surface area contributed by atoms with Gasteiger partial charge < -0.3 is 10.6 Å². The Labute approximate surface area is 91.1 Å². The summed E-state index contributed by atoms with van der Waals surface area (Å²) < 4.78 is 0. The summed E-state index contributed by atoms with van der Waals surface area (Å²) in [5, 5.41) is 0. The fourth-order valence-corrected chi connectivity index (χ4v) is 2.91. The van der Waals surface area contributed by atoms with Gasteiger partial charge in [0.25, 0.3) is 0 Å². The molecule has 1 aliphatic carbocycles. The molecule has 0 amide bonds. The molecule has 0 spiro atoms. The zero-order valence-corrected chi connectivity index (χ0v) is 9.19. The topological polar surface area (TPSA) is 29.3 Å². The Balaban J connectivity index is 1.85. The van der Waals surface area contributed by atoms with E-state index in [4.69, 9.17) is 5.73 Å². The molecule has 1 saturated heterocycles. The van der Waals surface area contributed by atoms with Crippen LogP contribution in [0.4, 0.5) is 5.69 Å². The summed E-state index contributed by atoms with van der Waals surface area (Å²) in [5.74, 6) is 1.82. The van der Waals surface area contributed by atoms with Crippen molar-refractivity contribution in [2.75, 3.05) is 18.0 Å². The quantitative estimate of drug-likeness (QED) is 0.792. The maximum atomic E-state index is 5.87. The molecule has 1 saturated carbocycles. The Kier molecular flexibility index (Phi) is 1.99. The molecule has 2 fully saturated rings. The highest BCUT2D eigenvalue weighted by Crippen LogP contribution is 2.50. The number of rotatable bonds is 2. The number of piperidine rings is 1. The van der Waals surface area contributed by atoms with Gasteiger partial charge in [-0.05, 0) is 37.3 Å². The fourth-order valence-electron chi connectivity index (χ4n) is 2.91. The lowest BCUT2D eigenvalue weighted by atomic mass is 10.1. The standard InChI is InChI=1S/C13H18N2/c1-9-2-4-11(5-3-9)15-8-10-6-12(10)13(15)7-14/h2-5,10,12-13H,6-8,14H2,1H3. The molecule has 2 aliphatic rings. The summed E-state index contributed by atoms with van der Waals surface area (Å²) in [6.07, 6.45) is 1.41. The maximum absolute atomic E-state index is 5.87. The summed E-state index contributed by atoms with van der Waals surface area (Å²) in [6, 6.07) is 9.42. The molecule has 2 heteroatoms. The number of aryl methyl sites for hydroxylation is 1. The van der Waals surface area contributed by atoms with Gasteiger partial charge in [-0.15, -0.1) is 0 Å². The zero-order chi connectivity index (χ0) is 10.4. The van der Waals surface area contributed by atoms with Crippen molar-refractivity contribution >= 4 is 5.69 Å². The lowest BCUT2D eigenvalue weighted by molar-refractivity contribution is 0.605. The van der Waals surface area contributed by atoms with Crippen LogP contribution in [0, 0.1) is 18.8 Å². The third-order valence-electron chi connectivity index (χ3n) is 3.91. The summed E-state index contributed by atoms with van der Waals surface area (Å²) >= 11 is 0. The summed E-state index contributed by atoms with van der Waals surface area (Å²) in [7, 11) is 0. The average molecular weight is 202 g/mol. The van der Waals surface area contributed by atoms with Gasteiger partial charge in [0.1, 0.15) is 0 Å². The number of nitrogens with zero attached hydrogens (tertiary/aromatic N) is 1. The van der Waals surface area contributed by atoms with Crippen LogP contribution in [0.15, 0.2) is 24.3 Å². The van der Waals surface area contributed by atoms with Gasteiger partial charge in [0.05, 0.1) is 0 Å². The molecule has 3 unspecified atom stereocenters. The van der Waals surface area contributed by atoms with Crippen molar-refractivity contribution in [3.05, 3.63) is 29.8 Å². The van der Waals surface area contributed by atoms with Crippen molar-refractivity contribution < 1.29 is 0 Å². The largest absolute Gasteiger partial charge is 0.367 e. The van der Waals surface area contributed by atoms with E-state index in [1.54, 1.807) is 0 Å². The molecule has 1 aromatic carbocycles.